The second kappa shape index (κ2) is 9.97. The van der Waals surface area contributed by atoms with Crippen LogP contribution in [0.25, 0.3) is 0 Å². The normalized spacial score (nSPS) is 10.9. The summed E-state index contributed by atoms with van der Waals surface area (Å²) in [6.07, 6.45) is 0. The molecule has 29 heavy (non-hydrogen) atoms. The maximum absolute atomic E-state index is 12.3. The second-order valence-corrected chi connectivity index (χ2v) is 6.95. The van der Waals surface area contributed by atoms with E-state index in [0.717, 1.165) is 22.4 Å². The van der Waals surface area contributed by atoms with Crippen molar-refractivity contribution in [2.45, 2.75) is 27.4 Å². The van der Waals surface area contributed by atoms with E-state index in [-0.39, 0.29) is 30.7 Å². The highest BCUT2D eigenvalue weighted by Gasteiger charge is 2.13. The van der Waals surface area contributed by atoms with Crippen molar-refractivity contribution in [3.8, 4) is 5.75 Å². The Labute approximate surface area is 168 Å². The lowest BCUT2D eigenvalue weighted by molar-refractivity contribution is -0.119. The summed E-state index contributed by atoms with van der Waals surface area (Å²) in [7, 11) is 1.66. The smallest absolute Gasteiger partial charge is 0.387 e. The quantitative estimate of drug-likeness (QED) is 0.702. The number of anilines is 2. The monoisotopic (exact) mass is 405 g/mol. The van der Waals surface area contributed by atoms with Crippen LogP contribution < -0.4 is 15.4 Å². The number of carbonyl (C=O) groups is 2. The standard InChI is InChI=1S/C21H25F2N3O3/c1-13-9-14(2)20(15(3)10-13)25-19(28)12-26(4)11-18(27)24-16-5-7-17(8-6-16)29-21(22)23/h5-10,21H,11-12H2,1-4H3,(H,24,27)(H,25,28). The zero-order valence-corrected chi connectivity index (χ0v) is 16.9. The molecule has 2 rings (SSSR count). The number of nitrogens with zero attached hydrogens (tertiary/aromatic N) is 1. The Morgan fingerprint density at radius 3 is 2.00 bits per heavy atom. The van der Waals surface area contributed by atoms with Crippen molar-refractivity contribution in [1.29, 1.82) is 0 Å². The number of hydrogen-bond donors (Lipinski definition) is 2. The van der Waals surface area contributed by atoms with Gasteiger partial charge in [0.1, 0.15) is 5.75 Å². The molecule has 6 nitrogen and oxygen atoms in total. The number of ether oxygens (including phenoxy) is 1. The van der Waals surface area contributed by atoms with Crippen molar-refractivity contribution in [2.75, 3.05) is 30.8 Å². The van der Waals surface area contributed by atoms with Crippen LogP contribution in [0.1, 0.15) is 16.7 Å². The van der Waals surface area contributed by atoms with Crippen LogP contribution in [0.5, 0.6) is 5.75 Å². The number of alkyl halides is 2. The summed E-state index contributed by atoms with van der Waals surface area (Å²) < 4.78 is 28.6. The maximum atomic E-state index is 12.3. The van der Waals surface area contributed by atoms with E-state index in [9.17, 15) is 18.4 Å². The first-order valence-electron chi connectivity index (χ1n) is 9.05. The van der Waals surface area contributed by atoms with Crippen LogP contribution in [-0.4, -0.2) is 43.5 Å². The van der Waals surface area contributed by atoms with Crippen molar-refractivity contribution in [2.24, 2.45) is 0 Å². The van der Waals surface area contributed by atoms with Gasteiger partial charge >= 0.3 is 6.61 Å². The fourth-order valence-electron chi connectivity index (χ4n) is 3.02. The maximum Gasteiger partial charge on any atom is 0.387 e. The molecule has 0 radical (unpaired) electrons. The molecule has 2 aromatic rings. The average molecular weight is 405 g/mol. The van der Waals surface area contributed by atoms with Gasteiger partial charge in [-0.15, -0.1) is 0 Å². The lowest BCUT2D eigenvalue weighted by atomic mass is 10.1. The van der Waals surface area contributed by atoms with Crippen LogP contribution in [-0.2, 0) is 9.59 Å². The molecule has 0 aromatic heterocycles. The molecule has 0 aliphatic rings. The van der Waals surface area contributed by atoms with Gasteiger partial charge in [-0.2, -0.15) is 8.78 Å². The van der Waals surface area contributed by atoms with Crippen molar-refractivity contribution >= 4 is 23.2 Å². The van der Waals surface area contributed by atoms with Gasteiger partial charge in [-0.3, -0.25) is 14.5 Å². The van der Waals surface area contributed by atoms with Crippen molar-refractivity contribution in [3.05, 3.63) is 53.1 Å². The summed E-state index contributed by atoms with van der Waals surface area (Å²) in [5.41, 5.74) is 4.32. The molecule has 0 saturated carbocycles. The van der Waals surface area contributed by atoms with Gasteiger partial charge in [-0.1, -0.05) is 17.7 Å². The Hall–Kier alpha value is -3.00. The minimum atomic E-state index is -2.90. The molecule has 0 aliphatic heterocycles. The molecule has 0 spiro atoms. The highest BCUT2D eigenvalue weighted by molar-refractivity contribution is 5.95. The number of amides is 2. The van der Waals surface area contributed by atoms with E-state index in [1.807, 2.05) is 32.9 Å². The number of aryl methyl sites for hydroxylation is 3. The molecular formula is C21H25F2N3O3. The topological polar surface area (TPSA) is 70.7 Å². The number of rotatable bonds is 8. The summed E-state index contributed by atoms with van der Waals surface area (Å²) in [5.74, 6) is -0.539. The van der Waals surface area contributed by atoms with Gasteiger partial charge in [-0.05, 0) is 63.2 Å². The molecule has 2 amide bonds. The van der Waals surface area contributed by atoms with Crippen LogP contribution in [0, 0.1) is 20.8 Å². The molecule has 0 aliphatic carbocycles. The fraction of sp³-hybridized carbons (Fsp3) is 0.333. The van der Waals surface area contributed by atoms with Crippen LogP contribution >= 0.6 is 0 Å². The lowest BCUT2D eigenvalue weighted by Crippen LogP contribution is -2.36. The number of nitrogens with one attached hydrogen (secondary N) is 2. The third-order valence-electron chi connectivity index (χ3n) is 4.13. The largest absolute Gasteiger partial charge is 0.435 e. The van der Waals surface area contributed by atoms with Crippen LogP contribution in [0.3, 0.4) is 0 Å². The molecule has 0 atom stereocenters. The van der Waals surface area contributed by atoms with E-state index in [1.165, 1.54) is 24.3 Å². The van der Waals surface area contributed by atoms with Gasteiger partial charge in [0.2, 0.25) is 11.8 Å². The minimum absolute atomic E-state index is 0.00539. The molecule has 0 heterocycles. The SMILES string of the molecule is Cc1cc(C)c(NC(=O)CN(C)CC(=O)Nc2ccc(OC(F)F)cc2)c(C)c1. The minimum Gasteiger partial charge on any atom is -0.435 e. The third-order valence-corrected chi connectivity index (χ3v) is 4.13. The highest BCUT2D eigenvalue weighted by Crippen LogP contribution is 2.22. The third kappa shape index (κ3) is 7.15. The molecule has 0 fully saturated rings. The number of hydrogen-bond acceptors (Lipinski definition) is 4. The van der Waals surface area contributed by atoms with Gasteiger partial charge in [0, 0.05) is 11.4 Å². The summed E-state index contributed by atoms with van der Waals surface area (Å²) >= 11 is 0. The first-order chi connectivity index (χ1) is 13.6. The van der Waals surface area contributed by atoms with E-state index < -0.39 is 6.61 Å². The Kier molecular flexibility index (Phi) is 7.67. The average Bonchev–Trinajstić information content (AvgIpc) is 2.59. The summed E-state index contributed by atoms with van der Waals surface area (Å²) in [6, 6.07) is 9.60. The molecule has 0 bridgehead atoms. The fourth-order valence-corrected chi connectivity index (χ4v) is 3.02. The van der Waals surface area contributed by atoms with Gasteiger partial charge in [0.05, 0.1) is 13.1 Å². The zero-order chi connectivity index (χ0) is 21.6. The highest BCUT2D eigenvalue weighted by atomic mass is 19.3. The summed E-state index contributed by atoms with van der Waals surface area (Å²) in [4.78, 5) is 26.0. The van der Waals surface area contributed by atoms with E-state index in [2.05, 4.69) is 15.4 Å². The predicted molar refractivity (Wildman–Crippen MR) is 108 cm³/mol. The van der Waals surface area contributed by atoms with Crippen LogP contribution in [0.4, 0.5) is 20.2 Å². The second-order valence-electron chi connectivity index (χ2n) is 6.95. The Bertz CT molecular complexity index is 847. The van der Waals surface area contributed by atoms with Gasteiger partial charge < -0.3 is 15.4 Å². The summed E-state index contributed by atoms with van der Waals surface area (Å²) in [6.45, 7) is 3.00. The Morgan fingerprint density at radius 1 is 0.966 bits per heavy atom. The number of halogens is 2. The molecule has 156 valence electrons. The molecule has 0 unspecified atom stereocenters. The summed E-state index contributed by atoms with van der Waals surface area (Å²) in [5, 5.41) is 5.54. The molecule has 2 N–H and O–H groups in total. The van der Waals surface area contributed by atoms with Crippen molar-refractivity contribution in [3.63, 3.8) is 0 Å². The Balaban J connectivity index is 1.84. The van der Waals surface area contributed by atoms with E-state index in [0.29, 0.717) is 5.69 Å². The van der Waals surface area contributed by atoms with Gasteiger partial charge in [0.15, 0.2) is 0 Å². The van der Waals surface area contributed by atoms with Crippen LogP contribution in [0.2, 0.25) is 0 Å². The Morgan fingerprint density at radius 2 is 1.48 bits per heavy atom. The first kappa shape index (κ1) is 22.3. The molecule has 2 aromatic carbocycles. The molecular weight excluding hydrogens is 380 g/mol. The van der Waals surface area contributed by atoms with Gasteiger partial charge in [0.25, 0.3) is 0 Å². The number of carbonyl (C=O) groups excluding carboxylic acids is 2. The van der Waals surface area contributed by atoms with Crippen molar-refractivity contribution < 1.29 is 23.1 Å². The van der Waals surface area contributed by atoms with E-state index in [1.54, 1.807) is 11.9 Å². The van der Waals surface area contributed by atoms with E-state index >= 15 is 0 Å². The number of likely N-dealkylation sites (N-methyl/N-ethyl adjacent to an activating group) is 1. The van der Waals surface area contributed by atoms with E-state index in [4.69, 9.17) is 0 Å². The van der Waals surface area contributed by atoms with Crippen molar-refractivity contribution in [1.82, 2.24) is 4.90 Å². The lowest BCUT2D eigenvalue weighted by Gasteiger charge is -2.18. The van der Waals surface area contributed by atoms with Crippen LogP contribution in [0.15, 0.2) is 36.4 Å². The zero-order valence-electron chi connectivity index (χ0n) is 16.9. The predicted octanol–water partition coefficient (Wildman–Crippen LogP) is 3.72. The molecule has 8 heteroatoms. The first-order valence-corrected chi connectivity index (χ1v) is 9.05. The number of benzene rings is 2. The van der Waals surface area contributed by atoms with Gasteiger partial charge in [-0.25, -0.2) is 0 Å². The molecule has 0 saturated heterocycles.